The van der Waals surface area contributed by atoms with Crippen LogP contribution in [-0.2, 0) is 41.6 Å². The number of fused-ring (bicyclic) bond motifs is 6. The highest BCUT2D eigenvalue weighted by molar-refractivity contribution is 5.98. The van der Waals surface area contributed by atoms with Gasteiger partial charge in [0, 0.05) is 47.2 Å². The van der Waals surface area contributed by atoms with E-state index in [1.165, 1.54) is 7.11 Å². The zero-order valence-corrected chi connectivity index (χ0v) is 34.4. The fourth-order valence-electron chi connectivity index (χ4n) is 12.9. The lowest BCUT2D eigenvalue weighted by Gasteiger charge is -2.65. The van der Waals surface area contributed by atoms with Gasteiger partial charge in [-0.25, -0.2) is 9.59 Å². The molecular formula is C45H59NO11. The molecule has 4 saturated carbocycles. The SMILES string of the molecule is COc1c(C)c2c(c(O)c1C/C=C1/CC(C(=O)OC(C)(C)C)CC(=O)N1[C@@H]1CCC3(C)C(CCC4C3CC(O)C3(C)C(C5=CC(=O)OC5)CCC43O)C1)C(=O)OC2. The lowest BCUT2D eigenvalue weighted by atomic mass is 9.42. The Kier molecular flexibility index (Phi) is 9.70. The molecule has 7 aliphatic rings. The molecule has 12 heteroatoms. The molecule has 0 radical (unpaired) electrons. The number of rotatable bonds is 6. The summed E-state index contributed by atoms with van der Waals surface area (Å²) in [5.74, 6) is -1.72. The predicted molar refractivity (Wildman–Crippen MR) is 207 cm³/mol. The van der Waals surface area contributed by atoms with Gasteiger partial charge >= 0.3 is 17.9 Å². The van der Waals surface area contributed by atoms with Crippen molar-refractivity contribution in [1.29, 1.82) is 0 Å². The second-order valence-corrected chi connectivity index (χ2v) is 19.5. The highest BCUT2D eigenvalue weighted by atomic mass is 16.6. The number of piperidine rings is 1. The number of methoxy groups -OCH3 is 1. The summed E-state index contributed by atoms with van der Waals surface area (Å²) >= 11 is 0. The van der Waals surface area contributed by atoms with Gasteiger partial charge in [0.25, 0.3) is 0 Å². The number of esters is 3. The molecule has 1 aromatic carbocycles. The third-order valence-electron chi connectivity index (χ3n) is 15.8. The van der Waals surface area contributed by atoms with Crippen LogP contribution < -0.4 is 4.74 Å². The first-order chi connectivity index (χ1) is 26.8. The van der Waals surface area contributed by atoms with E-state index in [-0.39, 0.29) is 90.8 Å². The monoisotopic (exact) mass is 789 g/mol. The molecule has 0 spiro atoms. The number of hydrogen-bond acceptors (Lipinski definition) is 11. The fraction of sp³-hybridized carbons (Fsp3) is 0.689. The number of allylic oxidation sites excluding steroid dienone is 2. The Balaban J connectivity index is 1.08. The number of carbonyl (C=O) groups excluding carboxylic acids is 4. The smallest absolute Gasteiger partial charge is 0.342 e. The normalized spacial score (nSPS) is 38.2. The lowest BCUT2D eigenvalue weighted by molar-refractivity contribution is -0.243. The number of amides is 1. The zero-order chi connectivity index (χ0) is 41.0. The summed E-state index contributed by atoms with van der Waals surface area (Å²) in [7, 11) is 1.52. The minimum atomic E-state index is -1.08. The van der Waals surface area contributed by atoms with Crippen molar-refractivity contribution in [3.05, 3.63) is 45.7 Å². The molecule has 3 N–H and O–H groups in total. The summed E-state index contributed by atoms with van der Waals surface area (Å²) in [6.07, 6.45) is 8.99. The van der Waals surface area contributed by atoms with Crippen molar-refractivity contribution in [2.24, 2.45) is 40.4 Å². The van der Waals surface area contributed by atoms with Crippen LogP contribution in [0, 0.1) is 47.3 Å². The third kappa shape index (κ3) is 6.13. The Labute approximate surface area is 334 Å². The van der Waals surface area contributed by atoms with Crippen LogP contribution in [0.15, 0.2) is 23.4 Å². The zero-order valence-electron chi connectivity index (χ0n) is 34.4. The average Bonchev–Trinajstić information content (AvgIpc) is 3.83. The van der Waals surface area contributed by atoms with Gasteiger partial charge in [-0.3, -0.25) is 9.59 Å². The number of nitrogens with zero attached hydrogens (tertiary/aromatic N) is 1. The molecule has 1 amide bonds. The molecular weight excluding hydrogens is 730 g/mol. The van der Waals surface area contributed by atoms with Crippen molar-refractivity contribution in [3.8, 4) is 11.5 Å². The van der Waals surface area contributed by atoms with E-state index < -0.39 is 40.6 Å². The van der Waals surface area contributed by atoms with E-state index in [0.717, 1.165) is 37.7 Å². The molecule has 310 valence electrons. The van der Waals surface area contributed by atoms with Crippen molar-refractivity contribution in [2.45, 2.75) is 142 Å². The van der Waals surface area contributed by atoms with Gasteiger partial charge in [0.05, 0.1) is 24.7 Å². The van der Waals surface area contributed by atoms with Crippen LogP contribution in [0.2, 0.25) is 0 Å². The Morgan fingerprint density at radius 1 is 1.02 bits per heavy atom. The number of carbonyl (C=O) groups is 4. The lowest BCUT2D eigenvalue weighted by Crippen LogP contribution is -2.67. The third-order valence-corrected chi connectivity index (χ3v) is 15.8. The number of phenolic OH excluding ortho intramolecular Hbond substituents is 1. The Morgan fingerprint density at radius 3 is 2.46 bits per heavy atom. The fourth-order valence-corrected chi connectivity index (χ4v) is 12.9. The maximum absolute atomic E-state index is 14.4. The molecule has 10 atom stereocenters. The van der Waals surface area contributed by atoms with Gasteiger partial charge in [-0.05, 0) is 126 Å². The molecule has 5 fully saturated rings. The van der Waals surface area contributed by atoms with Gasteiger partial charge in [0.1, 0.15) is 35.9 Å². The van der Waals surface area contributed by atoms with Crippen molar-refractivity contribution >= 4 is 23.8 Å². The second-order valence-electron chi connectivity index (χ2n) is 19.5. The summed E-state index contributed by atoms with van der Waals surface area (Å²) in [5.41, 5.74) is 0.670. The van der Waals surface area contributed by atoms with Crippen LogP contribution in [0.4, 0.5) is 0 Å². The molecule has 0 bridgehead atoms. The summed E-state index contributed by atoms with van der Waals surface area (Å²) in [6, 6.07) is -0.130. The highest BCUT2D eigenvalue weighted by Crippen LogP contribution is 2.70. The summed E-state index contributed by atoms with van der Waals surface area (Å²) in [5, 5.41) is 36.2. The van der Waals surface area contributed by atoms with Gasteiger partial charge in [-0.1, -0.05) is 19.9 Å². The highest BCUT2D eigenvalue weighted by Gasteiger charge is 2.71. The Morgan fingerprint density at radius 2 is 1.77 bits per heavy atom. The molecule has 0 aromatic heterocycles. The van der Waals surface area contributed by atoms with Crippen LogP contribution in [-0.4, -0.2) is 81.1 Å². The minimum absolute atomic E-state index is 0.00435. The van der Waals surface area contributed by atoms with Crippen molar-refractivity contribution < 1.29 is 53.4 Å². The van der Waals surface area contributed by atoms with E-state index in [1.807, 2.05) is 45.6 Å². The maximum atomic E-state index is 14.4. The molecule has 8 rings (SSSR count). The van der Waals surface area contributed by atoms with E-state index in [9.17, 15) is 34.5 Å². The molecule has 4 aliphatic carbocycles. The van der Waals surface area contributed by atoms with E-state index >= 15 is 0 Å². The standard InChI is InChI=1S/C45H59NO11/c1-23-30-22-56-41(52)37(30)38(50)29(39(23)54-7)10-9-27-16-24(40(51)57-42(2,3)4)17-35(48)46(27)28-12-14-43(5)26(19-28)8-11-32-33(43)20-34(47)44(6)31(13-15-45(32,44)53)25-18-36(49)55-21-25/h9,18,24,26,28,31-34,47,50,53H,8,10-17,19-22H2,1-7H3/b27-9-/t24?,26?,28-,31?,32?,33?,34?,43?,44?,45?/m1/s1. The maximum Gasteiger partial charge on any atom is 0.342 e. The van der Waals surface area contributed by atoms with Crippen LogP contribution >= 0.6 is 0 Å². The van der Waals surface area contributed by atoms with Crippen LogP contribution in [0.25, 0.3) is 0 Å². The number of aromatic hydroxyl groups is 1. The van der Waals surface area contributed by atoms with E-state index in [0.29, 0.717) is 47.4 Å². The molecule has 1 aromatic rings. The van der Waals surface area contributed by atoms with Crippen molar-refractivity contribution in [1.82, 2.24) is 4.90 Å². The predicted octanol–water partition coefficient (Wildman–Crippen LogP) is 5.98. The molecule has 1 saturated heterocycles. The topological polar surface area (TPSA) is 169 Å². The second kappa shape index (κ2) is 13.9. The first kappa shape index (κ1) is 39.9. The number of hydrogen-bond donors (Lipinski definition) is 3. The largest absolute Gasteiger partial charge is 0.507 e. The number of aliphatic hydroxyl groups is 2. The molecule has 3 heterocycles. The van der Waals surface area contributed by atoms with Gasteiger partial charge in [-0.15, -0.1) is 0 Å². The first-order valence-electron chi connectivity index (χ1n) is 20.9. The Bertz CT molecular complexity index is 1960. The van der Waals surface area contributed by atoms with Crippen molar-refractivity contribution in [2.75, 3.05) is 13.7 Å². The van der Waals surface area contributed by atoms with Gasteiger partial charge in [-0.2, -0.15) is 0 Å². The number of phenols is 1. The van der Waals surface area contributed by atoms with Crippen LogP contribution in [0.5, 0.6) is 11.5 Å². The number of ether oxygens (including phenoxy) is 4. The number of likely N-dealkylation sites (tertiary alicyclic amines) is 1. The molecule has 9 unspecified atom stereocenters. The molecule has 57 heavy (non-hydrogen) atoms. The number of aliphatic hydroxyl groups excluding tert-OH is 1. The van der Waals surface area contributed by atoms with Gasteiger partial charge in [0.15, 0.2) is 0 Å². The van der Waals surface area contributed by atoms with E-state index in [4.69, 9.17) is 18.9 Å². The average molecular weight is 790 g/mol. The van der Waals surface area contributed by atoms with Gasteiger partial charge < -0.3 is 39.2 Å². The first-order valence-corrected chi connectivity index (χ1v) is 20.9. The minimum Gasteiger partial charge on any atom is -0.507 e. The summed E-state index contributed by atoms with van der Waals surface area (Å²) < 4.78 is 22.1. The summed E-state index contributed by atoms with van der Waals surface area (Å²) in [6.45, 7) is 11.9. The number of cyclic esters (lactones) is 2. The van der Waals surface area contributed by atoms with Crippen LogP contribution in [0.3, 0.4) is 0 Å². The number of benzene rings is 1. The summed E-state index contributed by atoms with van der Waals surface area (Å²) in [4.78, 5) is 54.4. The molecule has 3 aliphatic heterocycles. The molecule has 12 nitrogen and oxygen atoms in total. The van der Waals surface area contributed by atoms with E-state index in [1.54, 1.807) is 6.08 Å². The Hall–Kier alpha value is -3.90. The van der Waals surface area contributed by atoms with Gasteiger partial charge in [0.2, 0.25) is 5.91 Å². The van der Waals surface area contributed by atoms with Crippen molar-refractivity contribution in [3.63, 3.8) is 0 Å². The van der Waals surface area contributed by atoms with Crippen LogP contribution in [0.1, 0.15) is 126 Å². The van der Waals surface area contributed by atoms with E-state index in [2.05, 4.69) is 6.92 Å². The quantitative estimate of drug-likeness (QED) is 0.229.